The summed E-state index contributed by atoms with van der Waals surface area (Å²) in [6.45, 7) is 1.89. The second kappa shape index (κ2) is 4.55. The Kier molecular flexibility index (Phi) is 2.74. The van der Waals surface area contributed by atoms with Gasteiger partial charge in [0.25, 0.3) is 0 Å². The van der Waals surface area contributed by atoms with Crippen molar-refractivity contribution in [1.82, 2.24) is 0 Å². The average molecular weight is 230 g/mol. The van der Waals surface area contributed by atoms with E-state index in [1.54, 1.807) is 0 Å². The van der Waals surface area contributed by atoms with Crippen LogP contribution in [0.5, 0.6) is 0 Å². The maximum Gasteiger partial charge on any atom is 0.0346 e. The lowest BCUT2D eigenvalue weighted by atomic mass is 9.98. The third-order valence-electron chi connectivity index (χ3n) is 3.29. The molecule has 0 unspecified atom stereocenters. The molecule has 0 amide bonds. The smallest absolute Gasteiger partial charge is 0.0346 e. The largest absolute Gasteiger partial charge is 0.106 e. The first-order valence-electron chi connectivity index (χ1n) is 6.18. The van der Waals surface area contributed by atoms with E-state index in [-0.39, 0.29) is 0 Å². The van der Waals surface area contributed by atoms with Gasteiger partial charge in [0.2, 0.25) is 0 Å². The standard InChI is InChI=1S/C18H14/c1-2-3-7-14-10-6-11-17-12-15-8-4-5-9-16(15)13-18(14)17/h4-6,8-13H,7H2,1H3. The van der Waals surface area contributed by atoms with Gasteiger partial charge in [0.15, 0.2) is 0 Å². The molecule has 0 aliphatic carbocycles. The summed E-state index contributed by atoms with van der Waals surface area (Å²) in [5.41, 5.74) is 1.31. The van der Waals surface area contributed by atoms with E-state index >= 15 is 0 Å². The fourth-order valence-electron chi connectivity index (χ4n) is 2.37. The molecule has 3 aromatic carbocycles. The van der Waals surface area contributed by atoms with Crippen LogP contribution in [0.15, 0.2) is 54.6 Å². The van der Waals surface area contributed by atoms with Gasteiger partial charge in [-0.25, -0.2) is 0 Å². The lowest BCUT2D eigenvalue weighted by Gasteiger charge is -2.06. The zero-order valence-electron chi connectivity index (χ0n) is 10.4. The predicted octanol–water partition coefficient (Wildman–Crippen LogP) is 4.56. The van der Waals surface area contributed by atoms with Crippen molar-refractivity contribution in [3.63, 3.8) is 0 Å². The Morgan fingerprint density at radius 3 is 2.33 bits per heavy atom. The van der Waals surface area contributed by atoms with E-state index in [0.29, 0.717) is 0 Å². The molecule has 0 radical (unpaired) electrons. The van der Waals surface area contributed by atoms with Crippen LogP contribution in [0.4, 0.5) is 0 Å². The van der Waals surface area contributed by atoms with Crippen molar-refractivity contribution >= 4 is 21.5 Å². The summed E-state index contributed by atoms with van der Waals surface area (Å²) in [7, 11) is 0. The third-order valence-corrected chi connectivity index (χ3v) is 3.29. The molecule has 0 atom stereocenters. The Labute approximate surface area is 107 Å². The van der Waals surface area contributed by atoms with Crippen LogP contribution in [0.3, 0.4) is 0 Å². The van der Waals surface area contributed by atoms with Gasteiger partial charge in [0, 0.05) is 6.42 Å². The molecule has 0 fully saturated rings. The van der Waals surface area contributed by atoms with Gasteiger partial charge in [-0.15, -0.1) is 5.92 Å². The van der Waals surface area contributed by atoms with Gasteiger partial charge in [-0.2, -0.15) is 0 Å². The topological polar surface area (TPSA) is 0 Å². The number of hydrogen-bond donors (Lipinski definition) is 0. The van der Waals surface area contributed by atoms with Crippen molar-refractivity contribution in [2.24, 2.45) is 0 Å². The number of fused-ring (bicyclic) bond motifs is 2. The zero-order chi connectivity index (χ0) is 12.4. The Hall–Kier alpha value is -2.26. The van der Waals surface area contributed by atoms with Crippen molar-refractivity contribution in [3.8, 4) is 11.8 Å². The van der Waals surface area contributed by atoms with Gasteiger partial charge in [-0.05, 0) is 46.2 Å². The first-order valence-corrected chi connectivity index (χ1v) is 6.18. The Morgan fingerprint density at radius 1 is 0.833 bits per heavy atom. The summed E-state index contributed by atoms with van der Waals surface area (Å²) in [6, 6.07) is 19.5. The Morgan fingerprint density at radius 2 is 1.56 bits per heavy atom. The van der Waals surface area contributed by atoms with Crippen LogP contribution in [0.2, 0.25) is 0 Å². The van der Waals surface area contributed by atoms with Crippen molar-refractivity contribution in [2.75, 3.05) is 0 Å². The van der Waals surface area contributed by atoms with Gasteiger partial charge in [-0.3, -0.25) is 0 Å². The van der Waals surface area contributed by atoms with Crippen LogP contribution in [-0.2, 0) is 6.42 Å². The maximum absolute atomic E-state index is 3.15. The van der Waals surface area contributed by atoms with Crippen LogP contribution in [0, 0.1) is 11.8 Å². The second-order valence-corrected chi connectivity index (χ2v) is 4.44. The number of benzene rings is 3. The molecule has 0 nitrogen and oxygen atoms in total. The average Bonchev–Trinajstić information content (AvgIpc) is 2.43. The highest BCUT2D eigenvalue weighted by Crippen LogP contribution is 2.25. The lowest BCUT2D eigenvalue weighted by Crippen LogP contribution is -1.85. The van der Waals surface area contributed by atoms with Gasteiger partial charge >= 0.3 is 0 Å². The highest BCUT2D eigenvalue weighted by Gasteiger charge is 2.01. The molecule has 0 bridgehead atoms. The van der Waals surface area contributed by atoms with Crippen LogP contribution in [-0.4, -0.2) is 0 Å². The van der Waals surface area contributed by atoms with E-state index in [0.717, 1.165) is 6.42 Å². The predicted molar refractivity (Wildman–Crippen MR) is 78.6 cm³/mol. The van der Waals surface area contributed by atoms with Crippen molar-refractivity contribution < 1.29 is 0 Å². The molecule has 0 aliphatic heterocycles. The first-order chi connectivity index (χ1) is 8.88. The molecule has 0 aromatic heterocycles. The van der Waals surface area contributed by atoms with Crippen LogP contribution >= 0.6 is 0 Å². The molecular weight excluding hydrogens is 216 g/mol. The Bertz CT molecular complexity index is 770. The first kappa shape index (κ1) is 10.9. The highest BCUT2D eigenvalue weighted by atomic mass is 14.1. The van der Waals surface area contributed by atoms with E-state index in [9.17, 15) is 0 Å². The van der Waals surface area contributed by atoms with E-state index in [2.05, 4.69) is 66.4 Å². The van der Waals surface area contributed by atoms with E-state index < -0.39 is 0 Å². The summed E-state index contributed by atoms with van der Waals surface area (Å²) in [5.74, 6) is 6.12. The summed E-state index contributed by atoms with van der Waals surface area (Å²) >= 11 is 0. The molecule has 18 heavy (non-hydrogen) atoms. The summed E-state index contributed by atoms with van der Waals surface area (Å²) in [6.07, 6.45) is 0.826. The molecule has 0 heterocycles. The molecule has 0 saturated carbocycles. The summed E-state index contributed by atoms with van der Waals surface area (Å²) in [4.78, 5) is 0. The van der Waals surface area contributed by atoms with E-state index in [4.69, 9.17) is 0 Å². The van der Waals surface area contributed by atoms with Crippen LogP contribution in [0.25, 0.3) is 21.5 Å². The zero-order valence-corrected chi connectivity index (χ0v) is 10.4. The molecule has 0 saturated heterocycles. The molecule has 0 spiro atoms. The van der Waals surface area contributed by atoms with Gasteiger partial charge in [0.1, 0.15) is 0 Å². The molecule has 0 aliphatic rings. The van der Waals surface area contributed by atoms with Crippen LogP contribution < -0.4 is 0 Å². The fourth-order valence-corrected chi connectivity index (χ4v) is 2.37. The molecule has 0 heteroatoms. The SMILES string of the molecule is CC#CCc1cccc2cc3ccccc3cc12. The molecule has 0 N–H and O–H groups in total. The van der Waals surface area contributed by atoms with Gasteiger partial charge in [-0.1, -0.05) is 48.4 Å². The minimum Gasteiger partial charge on any atom is -0.106 e. The number of rotatable bonds is 1. The van der Waals surface area contributed by atoms with Gasteiger partial charge < -0.3 is 0 Å². The van der Waals surface area contributed by atoms with Crippen molar-refractivity contribution in [2.45, 2.75) is 13.3 Å². The third kappa shape index (κ3) is 1.85. The van der Waals surface area contributed by atoms with Crippen molar-refractivity contribution in [3.05, 3.63) is 60.2 Å². The maximum atomic E-state index is 3.15. The molecule has 86 valence electrons. The molecular formula is C18H14. The minimum atomic E-state index is 0.826. The minimum absolute atomic E-state index is 0.826. The lowest BCUT2D eigenvalue weighted by molar-refractivity contribution is 1.35. The van der Waals surface area contributed by atoms with Crippen LogP contribution in [0.1, 0.15) is 12.5 Å². The molecule has 3 aromatic rings. The monoisotopic (exact) mass is 230 g/mol. The highest BCUT2D eigenvalue weighted by molar-refractivity contribution is 5.99. The molecule has 3 rings (SSSR count). The summed E-state index contributed by atoms with van der Waals surface area (Å²) < 4.78 is 0. The summed E-state index contributed by atoms with van der Waals surface area (Å²) in [5, 5.41) is 5.20. The Balaban J connectivity index is 2.31. The van der Waals surface area contributed by atoms with E-state index in [1.165, 1.54) is 27.1 Å². The fraction of sp³-hybridized carbons (Fsp3) is 0.111. The van der Waals surface area contributed by atoms with E-state index in [1.807, 2.05) is 6.92 Å². The quantitative estimate of drug-likeness (QED) is 0.424. The van der Waals surface area contributed by atoms with Crippen molar-refractivity contribution in [1.29, 1.82) is 0 Å². The van der Waals surface area contributed by atoms with Gasteiger partial charge in [0.05, 0.1) is 0 Å². The number of hydrogen-bond acceptors (Lipinski definition) is 0. The second-order valence-electron chi connectivity index (χ2n) is 4.44. The normalized spacial score (nSPS) is 10.3.